The number of nitrogens with zero attached hydrogens (tertiary/aromatic N) is 1. The summed E-state index contributed by atoms with van der Waals surface area (Å²) in [5.41, 5.74) is -0.221. The Balaban J connectivity index is 2.44. The van der Waals surface area contributed by atoms with Crippen molar-refractivity contribution < 1.29 is 22.7 Å². The number of ether oxygens (including phenoxy) is 1. The summed E-state index contributed by atoms with van der Waals surface area (Å²) < 4.78 is 41.9. The molecule has 21 heavy (non-hydrogen) atoms. The van der Waals surface area contributed by atoms with Gasteiger partial charge in [-0.2, -0.15) is 0 Å². The van der Waals surface area contributed by atoms with Crippen LogP contribution >= 0.6 is 31.9 Å². The molecule has 110 valence electrons. The van der Waals surface area contributed by atoms with Crippen LogP contribution in [0.3, 0.4) is 0 Å². The Morgan fingerprint density at radius 1 is 1.19 bits per heavy atom. The quantitative estimate of drug-likeness (QED) is 0.668. The monoisotopic (exact) mass is 423 g/mol. The minimum Gasteiger partial charge on any atom is -0.405 e. The Morgan fingerprint density at radius 3 is 2.48 bits per heavy atom. The number of ketones is 1. The largest absolute Gasteiger partial charge is 0.573 e. The molecule has 0 radical (unpaired) electrons. The summed E-state index contributed by atoms with van der Waals surface area (Å²) in [6.07, 6.45) is -3.49. The number of pyridine rings is 1. The van der Waals surface area contributed by atoms with Crippen molar-refractivity contribution in [3.05, 3.63) is 56.7 Å². The van der Waals surface area contributed by atoms with Crippen LogP contribution in [0, 0.1) is 0 Å². The van der Waals surface area contributed by atoms with Gasteiger partial charge in [0.1, 0.15) is 11.4 Å². The maximum atomic E-state index is 12.4. The van der Waals surface area contributed by atoms with Gasteiger partial charge in [0.15, 0.2) is 0 Å². The molecule has 0 saturated heterocycles. The lowest BCUT2D eigenvalue weighted by Gasteiger charge is -2.12. The van der Waals surface area contributed by atoms with Crippen molar-refractivity contribution in [2.75, 3.05) is 0 Å². The number of hydrogen-bond donors (Lipinski definition) is 0. The van der Waals surface area contributed by atoms with Gasteiger partial charge in [-0.1, -0.05) is 12.1 Å². The highest BCUT2D eigenvalue weighted by Crippen LogP contribution is 2.29. The van der Waals surface area contributed by atoms with E-state index in [4.69, 9.17) is 0 Å². The van der Waals surface area contributed by atoms with E-state index in [0.29, 0.717) is 8.95 Å². The van der Waals surface area contributed by atoms with Crippen LogP contribution in [0.4, 0.5) is 13.2 Å². The van der Waals surface area contributed by atoms with Crippen LogP contribution in [-0.4, -0.2) is 17.1 Å². The van der Waals surface area contributed by atoms with E-state index in [9.17, 15) is 18.0 Å². The van der Waals surface area contributed by atoms with Crippen molar-refractivity contribution in [2.45, 2.75) is 6.36 Å². The Labute approximate surface area is 134 Å². The second kappa shape index (κ2) is 6.15. The summed E-state index contributed by atoms with van der Waals surface area (Å²) in [5.74, 6) is -1.24. The van der Waals surface area contributed by atoms with Gasteiger partial charge in [-0.3, -0.25) is 9.78 Å². The fraction of sp³-hybridized carbons (Fsp3) is 0.0769. The molecule has 0 aliphatic carbocycles. The van der Waals surface area contributed by atoms with Crippen molar-refractivity contribution in [3.63, 3.8) is 0 Å². The summed E-state index contributed by atoms with van der Waals surface area (Å²) in [5, 5.41) is 0. The van der Waals surface area contributed by atoms with Gasteiger partial charge in [-0.25, -0.2) is 0 Å². The summed E-state index contributed by atoms with van der Waals surface area (Å²) in [6, 6.07) is 6.70. The zero-order valence-corrected chi connectivity index (χ0v) is 13.3. The molecule has 2 aromatic rings. The first-order valence-electron chi connectivity index (χ1n) is 5.48. The smallest absolute Gasteiger partial charge is 0.405 e. The van der Waals surface area contributed by atoms with Gasteiger partial charge in [-0.15, -0.1) is 13.2 Å². The van der Waals surface area contributed by atoms with Crippen LogP contribution in [0.25, 0.3) is 0 Å². The number of halogens is 5. The Bertz CT molecular complexity index is 689. The highest BCUT2D eigenvalue weighted by molar-refractivity contribution is 9.11. The van der Waals surface area contributed by atoms with E-state index in [1.807, 2.05) is 0 Å². The predicted molar refractivity (Wildman–Crippen MR) is 76.2 cm³/mol. The number of carbonyl (C=O) groups is 1. The normalized spacial score (nSPS) is 11.3. The van der Waals surface area contributed by atoms with E-state index >= 15 is 0 Å². The van der Waals surface area contributed by atoms with E-state index in [2.05, 4.69) is 41.6 Å². The number of aromatic nitrogens is 1. The van der Waals surface area contributed by atoms with Gasteiger partial charge in [0.25, 0.3) is 0 Å². The van der Waals surface area contributed by atoms with Crippen molar-refractivity contribution in [3.8, 4) is 5.75 Å². The molecule has 1 aromatic carbocycles. The zero-order valence-electron chi connectivity index (χ0n) is 10.1. The molecule has 1 aromatic heterocycles. The summed E-state index contributed by atoms with van der Waals surface area (Å²) in [6.45, 7) is 0. The van der Waals surface area contributed by atoms with Crippen molar-refractivity contribution in [2.24, 2.45) is 0 Å². The number of para-hydroxylation sites is 1. The molecule has 0 atom stereocenters. The lowest BCUT2D eigenvalue weighted by molar-refractivity contribution is -0.274. The van der Waals surface area contributed by atoms with Gasteiger partial charge in [-0.05, 0) is 50.1 Å². The average molecular weight is 425 g/mol. The van der Waals surface area contributed by atoms with E-state index in [1.165, 1.54) is 24.4 Å². The van der Waals surface area contributed by atoms with Gasteiger partial charge in [0.2, 0.25) is 5.78 Å². The molecule has 0 bridgehead atoms. The molecule has 3 nitrogen and oxygen atoms in total. The molecule has 8 heteroatoms. The molecule has 0 aliphatic heterocycles. The Kier molecular flexibility index (Phi) is 4.67. The van der Waals surface area contributed by atoms with Crippen molar-refractivity contribution >= 4 is 37.6 Å². The van der Waals surface area contributed by atoms with Crippen LogP contribution < -0.4 is 4.74 Å². The maximum absolute atomic E-state index is 12.4. The van der Waals surface area contributed by atoms with Crippen molar-refractivity contribution in [1.29, 1.82) is 0 Å². The minimum atomic E-state index is -4.87. The van der Waals surface area contributed by atoms with E-state index in [1.54, 1.807) is 6.07 Å². The molecule has 1 heterocycles. The third-order valence-electron chi connectivity index (χ3n) is 2.38. The average Bonchev–Trinajstić information content (AvgIpc) is 2.36. The minimum absolute atomic E-state index is 0.00331. The molecule has 0 amide bonds. The van der Waals surface area contributed by atoms with Gasteiger partial charge >= 0.3 is 6.36 Å². The molecule has 0 fully saturated rings. The number of carbonyl (C=O) groups excluding carboxylic acids is 1. The number of rotatable bonds is 3. The van der Waals surface area contributed by atoms with E-state index in [0.717, 1.165) is 6.07 Å². The number of hydrogen-bond acceptors (Lipinski definition) is 3. The van der Waals surface area contributed by atoms with Crippen LogP contribution in [0.2, 0.25) is 0 Å². The van der Waals surface area contributed by atoms with Crippen LogP contribution in [0.1, 0.15) is 16.1 Å². The SMILES string of the molecule is O=C(c1ccccc1OC(F)(F)F)c1ncc(Br)cc1Br. The predicted octanol–water partition coefficient (Wildman–Crippen LogP) is 4.74. The third kappa shape index (κ3) is 4.04. The van der Waals surface area contributed by atoms with Crippen LogP contribution in [0.5, 0.6) is 5.75 Å². The number of alkyl halides is 3. The highest BCUT2D eigenvalue weighted by atomic mass is 79.9. The summed E-state index contributed by atoms with van der Waals surface area (Å²) in [4.78, 5) is 16.2. The second-order valence-electron chi connectivity index (χ2n) is 3.86. The van der Waals surface area contributed by atoms with Gasteiger partial charge in [0.05, 0.1) is 5.56 Å². The first-order valence-corrected chi connectivity index (χ1v) is 7.07. The lowest BCUT2D eigenvalue weighted by atomic mass is 10.1. The fourth-order valence-corrected chi connectivity index (χ4v) is 2.74. The van der Waals surface area contributed by atoms with Crippen LogP contribution in [-0.2, 0) is 0 Å². The Hall–Kier alpha value is -1.41. The van der Waals surface area contributed by atoms with Crippen LogP contribution in [0.15, 0.2) is 45.5 Å². The number of benzene rings is 1. The molecule has 0 aliphatic rings. The first-order chi connectivity index (χ1) is 9.78. The molecule has 0 spiro atoms. The van der Waals surface area contributed by atoms with E-state index < -0.39 is 17.9 Å². The maximum Gasteiger partial charge on any atom is 0.573 e. The summed E-state index contributed by atoms with van der Waals surface area (Å²) >= 11 is 6.33. The molecule has 0 N–H and O–H groups in total. The molecular weight excluding hydrogens is 419 g/mol. The lowest BCUT2D eigenvalue weighted by Crippen LogP contribution is -2.19. The van der Waals surface area contributed by atoms with Crippen molar-refractivity contribution in [1.82, 2.24) is 4.98 Å². The third-order valence-corrected chi connectivity index (χ3v) is 3.42. The molecule has 2 rings (SSSR count). The molecular formula is C13H6Br2F3NO2. The standard InChI is InChI=1S/C13H6Br2F3NO2/c14-7-5-9(15)11(19-6-7)12(20)8-3-1-2-4-10(8)21-13(16,17)18/h1-6H. The fourth-order valence-electron chi connectivity index (χ4n) is 1.58. The Morgan fingerprint density at radius 2 is 1.86 bits per heavy atom. The molecule has 0 unspecified atom stereocenters. The summed E-state index contributed by atoms with van der Waals surface area (Å²) in [7, 11) is 0. The topological polar surface area (TPSA) is 39.2 Å². The first kappa shape index (κ1) is 16.0. The zero-order chi connectivity index (χ0) is 15.6. The van der Waals surface area contributed by atoms with Gasteiger partial charge < -0.3 is 4.74 Å². The second-order valence-corrected chi connectivity index (χ2v) is 5.63. The van der Waals surface area contributed by atoms with E-state index in [-0.39, 0.29) is 11.3 Å². The highest BCUT2D eigenvalue weighted by Gasteiger charge is 2.33. The van der Waals surface area contributed by atoms with Gasteiger partial charge in [0, 0.05) is 15.1 Å². The molecule has 0 saturated carbocycles.